The third kappa shape index (κ3) is 2.79. The quantitative estimate of drug-likeness (QED) is 0.791. The minimum absolute atomic E-state index is 0.0430. The molecule has 6 nitrogen and oxygen atoms in total. The Balaban J connectivity index is 1.65. The van der Waals surface area contributed by atoms with E-state index in [9.17, 15) is 9.59 Å². The molecule has 26 heavy (non-hydrogen) atoms. The zero-order valence-corrected chi connectivity index (χ0v) is 14.3. The predicted octanol–water partition coefficient (Wildman–Crippen LogP) is 2.79. The summed E-state index contributed by atoms with van der Waals surface area (Å²) in [4.78, 5) is 35.3. The van der Waals surface area contributed by atoms with E-state index in [0.717, 1.165) is 16.5 Å². The average Bonchev–Trinajstić information content (AvgIpc) is 2.98. The van der Waals surface area contributed by atoms with E-state index in [1.807, 2.05) is 42.5 Å². The van der Waals surface area contributed by atoms with Crippen molar-refractivity contribution >= 4 is 28.4 Å². The number of benzene rings is 1. The van der Waals surface area contributed by atoms with Crippen LogP contribution in [0.15, 0.2) is 61.1 Å². The lowest BCUT2D eigenvalue weighted by Crippen LogP contribution is -2.30. The zero-order chi connectivity index (χ0) is 18.1. The largest absolute Gasteiger partial charge is 0.338 e. The van der Waals surface area contributed by atoms with E-state index < -0.39 is 5.92 Å². The van der Waals surface area contributed by atoms with Crippen LogP contribution < -0.4 is 5.32 Å². The van der Waals surface area contributed by atoms with Crippen molar-refractivity contribution in [2.75, 3.05) is 12.4 Å². The summed E-state index contributed by atoms with van der Waals surface area (Å²) < 4.78 is 0. The molecule has 1 aromatic carbocycles. The molecule has 3 heterocycles. The van der Waals surface area contributed by atoms with E-state index in [1.165, 1.54) is 0 Å². The Morgan fingerprint density at radius 3 is 2.81 bits per heavy atom. The lowest BCUT2D eigenvalue weighted by Gasteiger charge is -2.24. The van der Waals surface area contributed by atoms with Gasteiger partial charge in [-0.05, 0) is 35.9 Å². The van der Waals surface area contributed by atoms with Crippen LogP contribution in [0, 0.1) is 5.92 Å². The van der Waals surface area contributed by atoms with Crippen molar-refractivity contribution in [3.8, 4) is 0 Å². The lowest BCUT2D eigenvalue weighted by atomic mass is 9.93. The number of amides is 2. The first-order valence-electron chi connectivity index (χ1n) is 8.45. The van der Waals surface area contributed by atoms with Gasteiger partial charge in [0.1, 0.15) is 0 Å². The summed E-state index contributed by atoms with van der Waals surface area (Å²) in [6.45, 7) is 0. The summed E-state index contributed by atoms with van der Waals surface area (Å²) in [7, 11) is 1.73. The second-order valence-corrected chi connectivity index (χ2v) is 6.41. The Hall–Kier alpha value is -3.28. The molecule has 0 unspecified atom stereocenters. The smallest absolute Gasteiger partial charge is 0.230 e. The Bertz CT molecular complexity index is 968. The number of pyridine rings is 2. The van der Waals surface area contributed by atoms with Crippen LogP contribution in [0.5, 0.6) is 0 Å². The molecule has 6 heteroatoms. The molecule has 3 aromatic rings. The minimum Gasteiger partial charge on any atom is -0.338 e. The molecular weight excluding hydrogens is 328 g/mol. The van der Waals surface area contributed by atoms with Crippen molar-refractivity contribution in [2.24, 2.45) is 5.92 Å². The molecule has 0 aliphatic carbocycles. The SMILES string of the molecule is CN1C(=O)C[C@H](C(=O)Nc2cccc3ncccc23)[C@H]1c1cccnc1. The van der Waals surface area contributed by atoms with Crippen molar-refractivity contribution in [3.05, 3.63) is 66.6 Å². The molecular formula is C20H18N4O2. The highest BCUT2D eigenvalue weighted by Crippen LogP contribution is 2.37. The third-order valence-electron chi connectivity index (χ3n) is 4.85. The van der Waals surface area contributed by atoms with Gasteiger partial charge < -0.3 is 10.2 Å². The Morgan fingerprint density at radius 2 is 2.00 bits per heavy atom. The molecule has 0 saturated carbocycles. The third-order valence-corrected chi connectivity index (χ3v) is 4.85. The predicted molar refractivity (Wildman–Crippen MR) is 98.2 cm³/mol. The molecule has 4 rings (SSSR count). The van der Waals surface area contributed by atoms with Gasteiger partial charge in [-0.15, -0.1) is 0 Å². The highest BCUT2D eigenvalue weighted by molar-refractivity contribution is 6.03. The molecule has 1 fully saturated rings. The normalized spacial score (nSPS) is 19.7. The molecule has 130 valence electrons. The van der Waals surface area contributed by atoms with Crippen molar-refractivity contribution in [3.63, 3.8) is 0 Å². The molecule has 0 spiro atoms. The number of likely N-dealkylation sites (tertiary alicyclic amines) is 1. The van der Waals surface area contributed by atoms with Crippen LogP contribution in [-0.4, -0.2) is 33.7 Å². The van der Waals surface area contributed by atoms with E-state index in [4.69, 9.17) is 0 Å². The van der Waals surface area contributed by atoms with Gasteiger partial charge in [0.25, 0.3) is 0 Å². The zero-order valence-electron chi connectivity index (χ0n) is 14.3. The minimum atomic E-state index is -0.469. The number of anilines is 1. The second-order valence-electron chi connectivity index (χ2n) is 6.41. The first kappa shape index (κ1) is 16.2. The highest BCUT2D eigenvalue weighted by atomic mass is 16.2. The van der Waals surface area contributed by atoms with E-state index in [1.54, 1.807) is 30.5 Å². The molecule has 0 radical (unpaired) electrons. The van der Waals surface area contributed by atoms with E-state index in [2.05, 4.69) is 15.3 Å². The van der Waals surface area contributed by atoms with Gasteiger partial charge in [0.2, 0.25) is 11.8 Å². The Kier molecular flexibility index (Phi) is 4.08. The number of nitrogens with one attached hydrogen (secondary N) is 1. The summed E-state index contributed by atoms with van der Waals surface area (Å²) in [5.41, 5.74) is 2.38. The molecule has 1 saturated heterocycles. The molecule has 0 bridgehead atoms. The van der Waals surface area contributed by atoms with Gasteiger partial charge in [-0.1, -0.05) is 12.1 Å². The van der Waals surface area contributed by atoms with Crippen molar-refractivity contribution in [2.45, 2.75) is 12.5 Å². The Labute approximate surface area is 150 Å². The number of fused-ring (bicyclic) bond motifs is 1. The van der Waals surface area contributed by atoms with Crippen LogP contribution in [0.3, 0.4) is 0 Å². The summed E-state index contributed by atoms with van der Waals surface area (Å²) in [5, 5.41) is 3.86. The first-order valence-corrected chi connectivity index (χ1v) is 8.45. The molecule has 1 aliphatic rings. The first-order chi connectivity index (χ1) is 12.6. The summed E-state index contributed by atoms with van der Waals surface area (Å²) >= 11 is 0. The molecule has 2 atom stereocenters. The number of carbonyl (C=O) groups is 2. The van der Waals surface area contributed by atoms with Gasteiger partial charge in [-0.2, -0.15) is 0 Å². The van der Waals surface area contributed by atoms with Crippen LogP contribution in [0.25, 0.3) is 10.9 Å². The van der Waals surface area contributed by atoms with Crippen molar-refractivity contribution in [1.29, 1.82) is 0 Å². The fourth-order valence-electron chi connectivity index (χ4n) is 3.55. The number of aromatic nitrogens is 2. The highest BCUT2D eigenvalue weighted by Gasteiger charge is 2.42. The fraction of sp³-hybridized carbons (Fsp3) is 0.200. The van der Waals surface area contributed by atoms with Crippen molar-refractivity contribution in [1.82, 2.24) is 14.9 Å². The maximum absolute atomic E-state index is 13.0. The number of hydrogen-bond donors (Lipinski definition) is 1. The van der Waals surface area contributed by atoms with Crippen LogP contribution in [0.1, 0.15) is 18.0 Å². The second kappa shape index (κ2) is 6.55. The Morgan fingerprint density at radius 1 is 1.15 bits per heavy atom. The van der Waals surface area contributed by atoms with E-state index in [0.29, 0.717) is 5.69 Å². The topological polar surface area (TPSA) is 75.2 Å². The van der Waals surface area contributed by atoms with Gasteiger partial charge in [0.05, 0.1) is 23.2 Å². The number of carbonyl (C=O) groups excluding carboxylic acids is 2. The molecule has 1 aliphatic heterocycles. The summed E-state index contributed by atoms with van der Waals surface area (Å²) in [6, 6.07) is 12.8. The van der Waals surface area contributed by atoms with Crippen LogP contribution >= 0.6 is 0 Å². The van der Waals surface area contributed by atoms with Gasteiger partial charge in [-0.3, -0.25) is 19.6 Å². The van der Waals surface area contributed by atoms with Gasteiger partial charge >= 0.3 is 0 Å². The van der Waals surface area contributed by atoms with Gasteiger partial charge in [-0.25, -0.2) is 0 Å². The lowest BCUT2D eigenvalue weighted by molar-refractivity contribution is -0.127. The maximum atomic E-state index is 13.0. The number of nitrogens with zero attached hydrogens (tertiary/aromatic N) is 3. The van der Waals surface area contributed by atoms with Crippen molar-refractivity contribution < 1.29 is 9.59 Å². The monoisotopic (exact) mass is 346 g/mol. The summed E-state index contributed by atoms with van der Waals surface area (Å²) in [5.74, 6) is -0.685. The number of rotatable bonds is 3. The van der Waals surface area contributed by atoms with E-state index >= 15 is 0 Å². The summed E-state index contributed by atoms with van der Waals surface area (Å²) in [6.07, 6.45) is 5.29. The van der Waals surface area contributed by atoms with Crippen LogP contribution in [-0.2, 0) is 9.59 Å². The molecule has 2 aromatic heterocycles. The standard InChI is InChI=1S/C20H18N4O2/c1-24-18(25)11-15(19(24)13-5-3-9-21-12-13)20(26)23-17-8-2-7-16-14(17)6-4-10-22-16/h2-10,12,15,19H,11H2,1H3,(H,23,26)/t15-,19+/m0/s1. The fourth-order valence-corrected chi connectivity index (χ4v) is 3.55. The average molecular weight is 346 g/mol. The maximum Gasteiger partial charge on any atom is 0.230 e. The van der Waals surface area contributed by atoms with Crippen LogP contribution in [0.4, 0.5) is 5.69 Å². The number of hydrogen-bond acceptors (Lipinski definition) is 4. The van der Waals surface area contributed by atoms with Gasteiger partial charge in [0.15, 0.2) is 0 Å². The van der Waals surface area contributed by atoms with Crippen LogP contribution in [0.2, 0.25) is 0 Å². The van der Waals surface area contributed by atoms with Gasteiger partial charge in [0, 0.05) is 37.4 Å². The molecule has 1 N–H and O–H groups in total. The van der Waals surface area contributed by atoms with E-state index in [-0.39, 0.29) is 24.3 Å². The molecule has 2 amide bonds.